The van der Waals surface area contributed by atoms with Crippen LogP contribution in [0.2, 0.25) is 0 Å². The molecular formula is C14H20N2O2. The number of para-hydroxylation sites is 1. The van der Waals surface area contributed by atoms with Crippen LogP contribution in [0, 0.1) is 0 Å². The Kier molecular flexibility index (Phi) is 2.97. The molecule has 1 aromatic carbocycles. The SMILES string of the molecule is COc1cccc2c1NC(C)(C)C(=O)N2C(C)C. The van der Waals surface area contributed by atoms with Crippen LogP contribution >= 0.6 is 0 Å². The molecule has 0 unspecified atom stereocenters. The molecule has 0 saturated heterocycles. The summed E-state index contributed by atoms with van der Waals surface area (Å²) < 4.78 is 5.37. The molecule has 1 aliphatic rings. The molecule has 0 radical (unpaired) electrons. The summed E-state index contributed by atoms with van der Waals surface area (Å²) in [5, 5.41) is 3.27. The number of methoxy groups -OCH3 is 1. The summed E-state index contributed by atoms with van der Waals surface area (Å²) >= 11 is 0. The molecule has 0 fully saturated rings. The Hall–Kier alpha value is -1.71. The number of carbonyl (C=O) groups is 1. The third-order valence-electron chi connectivity index (χ3n) is 3.19. The summed E-state index contributed by atoms with van der Waals surface area (Å²) in [4.78, 5) is 14.3. The number of rotatable bonds is 2. The van der Waals surface area contributed by atoms with E-state index in [1.54, 1.807) is 7.11 Å². The lowest BCUT2D eigenvalue weighted by atomic mass is 9.96. The summed E-state index contributed by atoms with van der Waals surface area (Å²) in [6.45, 7) is 7.81. The number of hydrogen-bond acceptors (Lipinski definition) is 3. The molecule has 0 saturated carbocycles. The Balaban J connectivity index is 2.63. The summed E-state index contributed by atoms with van der Waals surface area (Å²) in [5.74, 6) is 0.844. The Morgan fingerprint density at radius 3 is 2.56 bits per heavy atom. The topological polar surface area (TPSA) is 41.6 Å². The van der Waals surface area contributed by atoms with E-state index in [-0.39, 0.29) is 11.9 Å². The van der Waals surface area contributed by atoms with Crippen molar-refractivity contribution in [1.29, 1.82) is 0 Å². The number of amides is 1. The van der Waals surface area contributed by atoms with Crippen molar-refractivity contribution in [2.45, 2.75) is 39.3 Å². The summed E-state index contributed by atoms with van der Waals surface area (Å²) in [5.41, 5.74) is 1.15. The van der Waals surface area contributed by atoms with Gasteiger partial charge >= 0.3 is 0 Å². The standard InChI is InChI=1S/C14H20N2O2/c1-9(2)16-10-7-6-8-11(18-5)12(10)15-14(3,4)13(16)17/h6-9,15H,1-5H3. The molecular weight excluding hydrogens is 228 g/mol. The molecule has 98 valence electrons. The zero-order chi connectivity index (χ0) is 13.5. The zero-order valence-corrected chi connectivity index (χ0v) is 11.6. The van der Waals surface area contributed by atoms with Crippen LogP contribution in [-0.4, -0.2) is 24.6 Å². The quantitative estimate of drug-likeness (QED) is 0.874. The van der Waals surface area contributed by atoms with Gasteiger partial charge in [0.1, 0.15) is 17.0 Å². The van der Waals surface area contributed by atoms with E-state index < -0.39 is 5.54 Å². The van der Waals surface area contributed by atoms with E-state index in [1.807, 2.05) is 50.8 Å². The van der Waals surface area contributed by atoms with Crippen LogP contribution in [0.5, 0.6) is 5.75 Å². The maximum atomic E-state index is 12.5. The van der Waals surface area contributed by atoms with Crippen molar-refractivity contribution in [3.05, 3.63) is 18.2 Å². The second-order valence-electron chi connectivity index (χ2n) is 5.37. The maximum Gasteiger partial charge on any atom is 0.252 e. The number of ether oxygens (including phenoxy) is 1. The molecule has 18 heavy (non-hydrogen) atoms. The molecule has 1 N–H and O–H groups in total. The number of fused-ring (bicyclic) bond motifs is 1. The lowest BCUT2D eigenvalue weighted by Crippen LogP contribution is -2.56. The molecule has 4 heteroatoms. The average Bonchev–Trinajstić information content (AvgIpc) is 2.29. The van der Waals surface area contributed by atoms with E-state index >= 15 is 0 Å². The van der Waals surface area contributed by atoms with E-state index in [1.165, 1.54) is 0 Å². The van der Waals surface area contributed by atoms with E-state index in [2.05, 4.69) is 5.32 Å². The lowest BCUT2D eigenvalue weighted by molar-refractivity contribution is -0.122. The van der Waals surface area contributed by atoms with Crippen LogP contribution in [0.25, 0.3) is 0 Å². The van der Waals surface area contributed by atoms with Gasteiger partial charge in [-0.05, 0) is 39.8 Å². The molecule has 2 rings (SSSR count). The number of benzene rings is 1. The van der Waals surface area contributed by atoms with Crippen LogP contribution in [0.4, 0.5) is 11.4 Å². The highest BCUT2D eigenvalue weighted by atomic mass is 16.5. The molecule has 1 heterocycles. The first kappa shape index (κ1) is 12.7. The molecule has 0 aliphatic carbocycles. The second-order valence-corrected chi connectivity index (χ2v) is 5.37. The summed E-state index contributed by atoms with van der Waals surface area (Å²) in [7, 11) is 1.64. The fourth-order valence-electron chi connectivity index (χ4n) is 2.31. The summed E-state index contributed by atoms with van der Waals surface area (Å²) in [6, 6.07) is 5.86. The predicted molar refractivity (Wildman–Crippen MR) is 73.3 cm³/mol. The van der Waals surface area contributed by atoms with E-state index in [9.17, 15) is 4.79 Å². The number of anilines is 2. The first-order valence-corrected chi connectivity index (χ1v) is 6.17. The third kappa shape index (κ3) is 1.82. The predicted octanol–water partition coefficient (Wildman–Crippen LogP) is 2.64. The van der Waals surface area contributed by atoms with Gasteiger partial charge in [-0.25, -0.2) is 0 Å². The van der Waals surface area contributed by atoms with Crippen LogP contribution in [0.15, 0.2) is 18.2 Å². The molecule has 1 amide bonds. The lowest BCUT2D eigenvalue weighted by Gasteiger charge is -2.42. The highest BCUT2D eigenvalue weighted by Crippen LogP contribution is 2.42. The number of carbonyl (C=O) groups excluding carboxylic acids is 1. The minimum Gasteiger partial charge on any atom is -0.495 e. The molecule has 0 atom stereocenters. The van der Waals surface area contributed by atoms with E-state index in [4.69, 9.17) is 4.74 Å². The zero-order valence-electron chi connectivity index (χ0n) is 11.6. The number of nitrogens with one attached hydrogen (secondary N) is 1. The Morgan fingerprint density at radius 1 is 1.33 bits per heavy atom. The van der Waals surface area contributed by atoms with Gasteiger partial charge in [0, 0.05) is 6.04 Å². The minimum atomic E-state index is -0.619. The van der Waals surface area contributed by atoms with Crippen molar-refractivity contribution >= 4 is 17.3 Å². The molecule has 0 bridgehead atoms. The Bertz CT molecular complexity index is 481. The van der Waals surface area contributed by atoms with Crippen LogP contribution < -0.4 is 15.0 Å². The molecule has 4 nitrogen and oxygen atoms in total. The van der Waals surface area contributed by atoms with Gasteiger partial charge in [0.25, 0.3) is 5.91 Å². The largest absolute Gasteiger partial charge is 0.495 e. The van der Waals surface area contributed by atoms with E-state index in [0.29, 0.717) is 0 Å². The van der Waals surface area contributed by atoms with Crippen molar-refractivity contribution < 1.29 is 9.53 Å². The van der Waals surface area contributed by atoms with Crippen LogP contribution in [0.3, 0.4) is 0 Å². The van der Waals surface area contributed by atoms with Crippen molar-refractivity contribution in [2.24, 2.45) is 0 Å². The monoisotopic (exact) mass is 248 g/mol. The highest BCUT2D eigenvalue weighted by molar-refractivity contribution is 6.08. The highest BCUT2D eigenvalue weighted by Gasteiger charge is 2.40. The van der Waals surface area contributed by atoms with Crippen molar-refractivity contribution in [3.63, 3.8) is 0 Å². The van der Waals surface area contributed by atoms with Crippen LogP contribution in [0.1, 0.15) is 27.7 Å². The van der Waals surface area contributed by atoms with Gasteiger partial charge in [0.2, 0.25) is 0 Å². The summed E-state index contributed by atoms with van der Waals surface area (Å²) in [6.07, 6.45) is 0. The van der Waals surface area contributed by atoms with Crippen molar-refractivity contribution in [3.8, 4) is 5.75 Å². The van der Waals surface area contributed by atoms with Gasteiger partial charge in [-0.1, -0.05) is 6.07 Å². The fraction of sp³-hybridized carbons (Fsp3) is 0.500. The number of nitrogens with zero attached hydrogens (tertiary/aromatic N) is 1. The normalized spacial score (nSPS) is 17.4. The average molecular weight is 248 g/mol. The van der Waals surface area contributed by atoms with Gasteiger partial charge < -0.3 is 15.0 Å². The van der Waals surface area contributed by atoms with Gasteiger partial charge in [-0.3, -0.25) is 4.79 Å². The number of hydrogen-bond donors (Lipinski definition) is 1. The van der Waals surface area contributed by atoms with Crippen molar-refractivity contribution in [1.82, 2.24) is 0 Å². The Morgan fingerprint density at radius 2 is 2.00 bits per heavy atom. The van der Waals surface area contributed by atoms with Gasteiger partial charge in [0.15, 0.2) is 0 Å². The van der Waals surface area contributed by atoms with Gasteiger partial charge in [-0.2, -0.15) is 0 Å². The smallest absolute Gasteiger partial charge is 0.252 e. The maximum absolute atomic E-state index is 12.5. The fourth-order valence-corrected chi connectivity index (χ4v) is 2.31. The first-order chi connectivity index (χ1) is 8.38. The van der Waals surface area contributed by atoms with Gasteiger partial charge in [0.05, 0.1) is 12.8 Å². The van der Waals surface area contributed by atoms with Crippen LogP contribution in [-0.2, 0) is 4.79 Å². The van der Waals surface area contributed by atoms with Crippen molar-refractivity contribution in [2.75, 3.05) is 17.3 Å². The van der Waals surface area contributed by atoms with E-state index in [0.717, 1.165) is 17.1 Å². The van der Waals surface area contributed by atoms with Gasteiger partial charge in [-0.15, -0.1) is 0 Å². The molecule has 0 aromatic heterocycles. The molecule has 1 aromatic rings. The Labute approximate surface area is 108 Å². The molecule has 1 aliphatic heterocycles. The first-order valence-electron chi connectivity index (χ1n) is 6.17. The third-order valence-corrected chi connectivity index (χ3v) is 3.19. The minimum absolute atomic E-state index is 0.0817. The second kappa shape index (κ2) is 4.19. The molecule has 0 spiro atoms.